The van der Waals surface area contributed by atoms with Crippen molar-refractivity contribution in [1.82, 2.24) is 15.1 Å². The second-order valence-corrected chi connectivity index (χ2v) is 4.23. The molecule has 0 bridgehead atoms. The second-order valence-electron chi connectivity index (χ2n) is 3.37. The molecule has 0 radical (unpaired) electrons. The molecule has 0 aliphatic carbocycles. The Balaban J connectivity index is 2.78. The number of nitrogens with one attached hydrogen (secondary N) is 1. The minimum absolute atomic E-state index is 0.295. The summed E-state index contributed by atoms with van der Waals surface area (Å²) < 4.78 is 8.07. The number of rotatable bonds is 6. The lowest BCUT2D eigenvalue weighted by Crippen LogP contribution is -2.22. The first kappa shape index (κ1) is 12.7. The van der Waals surface area contributed by atoms with Gasteiger partial charge in [0.2, 0.25) is 0 Å². The molecule has 1 rings (SSSR count). The topological polar surface area (TPSA) is 39.1 Å². The Morgan fingerprint density at radius 2 is 2.40 bits per heavy atom. The standard InChI is InChI=1S/C10H18BrN3O/c1-4-12-8(2)10-9(11)7-13-14(10)5-6-15-3/h7-8,12H,4-6H2,1-3H3. The summed E-state index contributed by atoms with van der Waals surface area (Å²) in [6, 6.07) is 0.295. The van der Waals surface area contributed by atoms with Crippen molar-refractivity contribution in [3.8, 4) is 0 Å². The number of methoxy groups -OCH3 is 1. The number of hydrogen-bond donors (Lipinski definition) is 1. The lowest BCUT2D eigenvalue weighted by atomic mass is 10.2. The van der Waals surface area contributed by atoms with Gasteiger partial charge < -0.3 is 10.1 Å². The van der Waals surface area contributed by atoms with Crippen LogP contribution in [0.5, 0.6) is 0 Å². The van der Waals surface area contributed by atoms with E-state index in [-0.39, 0.29) is 0 Å². The zero-order valence-electron chi connectivity index (χ0n) is 9.46. The molecule has 86 valence electrons. The van der Waals surface area contributed by atoms with E-state index in [1.807, 2.05) is 10.9 Å². The minimum Gasteiger partial charge on any atom is -0.383 e. The lowest BCUT2D eigenvalue weighted by molar-refractivity contribution is 0.181. The maximum absolute atomic E-state index is 5.05. The predicted octanol–water partition coefficient (Wildman–Crippen LogP) is 1.96. The summed E-state index contributed by atoms with van der Waals surface area (Å²) in [4.78, 5) is 0. The van der Waals surface area contributed by atoms with Crippen LogP contribution in [0.1, 0.15) is 25.6 Å². The zero-order chi connectivity index (χ0) is 11.3. The molecule has 0 spiro atoms. The van der Waals surface area contributed by atoms with E-state index in [1.54, 1.807) is 7.11 Å². The van der Waals surface area contributed by atoms with Crippen LogP contribution in [0.4, 0.5) is 0 Å². The predicted molar refractivity (Wildman–Crippen MR) is 63.9 cm³/mol. The normalized spacial score (nSPS) is 13.1. The molecule has 1 heterocycles. The van der Waals surface area contributed by atoms with Crippen molar-refractivity contribution >= 4 is 15.9 Å². The van der Waals surface area contributed by atoms with Gasteiger partial charge in [0.05, 0.1) is 29.5 Å². The first-order chi connectivity index (χ1) is 7.20. The van der Waals surface area contributed by atoms with Crippen molar-refractivity contribution < 1.29 is 4.74 Å². The van der Waals surface area contributed by atoms with Gasteiger partial charge in [0.1, 0.15) is 0 Å². The maximum Gasteiger partial charge on any atom is 0.0693 e. The Hall–Kier alpha value is -0.390. The SMILES string of the molecule is CCNC(C)c1c(Br)cnn1CCOC. The smallest absolute Gasteiger partial charge is 0.0693 e. The summed E-state index contributed by atoms with van der Waals surface area (Å²) in [5.74, 6) is 0. The van der Waals surface area contributed by atoms with Crippen molar-refractivity contribution in [2.24, 2.45) is 0 Å². The molecule has 1 N–H and O–H groups in total. The second kappa shape index (κ2) is 6.25. The molecule has 0 aromatic carbocycles. The molecule has 0 fully saturated rings. The molecule has 0 aliphatic heterocycles. The number of halogens is 1. The molecule has 1 aromatic rings. The van der Waals surface area contributed by atoms with Crippen LogP contribution in [0.3, 0.4) is 0 Å². The molecule has 0 saturated heterocycles. The van der Waals surface area contributed by atoms with Crippen LogP contribution in [0, 0.1) is 0 Å². The van der Waals surface area contributed by atoms with Gasteiger partial charge in [0.15, 0.2) is 0 Å². The van der Waals surface area contributed by atoms with Crippen molar-refractivity contribution in [3.05, 3.63) is 16.4 Å². The third-order valence-corrected chi connectivity index (χ3v) is 2.87. The third kappa shape index (κ3) is 3.29. The Labute approximate surface area is 99.1 Å². The zero-order valence-corrected chi connectivity index (χ0v) is 11.0. The fourth-order valence-corrected chi connectivity index (χ4v) is 2.20. The average Bonchev–Trinajstić information content (AvgIpc) is 2.57. The van der Waals surface area contributed by atoms with Gasteiger partial charge in [0.25, 0.3) is 0 Å². The largest absolute Gasteiger partial charge is 0.383 e. The molecule has 0 amide bonds. The van der Waals surface area contributed by atoms with E-state index < -0.39 is 0 Å². The van der Waals surface area contributed by atoms with E-state index in [4.69, 9.17) is 4.74 Å². The lowest BCUT2D eigenvalue weighted by Gasteiger charge is -2.15. The molecular weight excluding hydrogens is 258 g/mol. The van der Waals surface area contributed by atoms with Crippen LogP contribution in [0.15, 0.2) is 10.7 Å². The van der Waals surface area contributed by atoms with E-state index in [0.29, 0.717) is 12.6 Å². The fraction of sp³-hybridized carbons (Fsp3) is 0.700. The van der Waals surface area contributed by atoms with Crippen LogP contribution in [0.25, 0.3) is 0 Å². The minimum atomic E-state index is 0.295. The first-order valence-electron chi connectivity index (χ1n) is 5.14. The van der Waals surface area contributed by atoms with Crippen molar-refractivity contribution in [2.75, 3.05) is 20.3 Å². The van der Waals surface area contributed by atoms with Gasteiger partial charge in [-0.1, -0.05) is 6.92 Å². The summed E-state index contributed by atoms with van der Waals surface area (Å²) >= 11 is 3.52. The van der Waals surface area contributed by atoms with Gasteiger partial charge in [0, 0.05) is 13.2 Å². The highest BCUT2D eigenvalue weighted by molar-refractivity contribution is 9.10. The van der Waals surface area contributed by atoms with E-state index >= 15 is 0 Å². The van der Waals surface area contributed by atoms with Crippen LogP contribution in [-0.2, 0) is 11.3 Å². The van der Waals surface area contributed by atoms with Gasteiger partial charge in [-0.15, -0.1) is 0 Å². The summed E-state index contributed by atoms with van der Waals surface area (Å²) in [6.07, 6.45) is 1.83. The Morgan fingerprint density at radius 1 is 1.67 bits per heavy atom. The molecule has 0 saturated carbocycles. The van der Waals surface area contributed by atoms with Gasteiger partial charge in [-0.25, -0.2) is 0 Å². The van der Waals surface area contributed by atoms with Crippen LogP contribution in [0.2, 0.25) is 0 Å². The van der Waals surface area contributed by atoms with Gasteiger partial charge >= 0.3 is 0 Å². The van der Waals surface area contributed by atoms with Crippen LogP contribution >= 0.6 is 15.9 Å². The van der Waals surface area contributed by atoms with E-state index in [0.717, 1.165) is 17.6 Å². The van der Waals surface area contributed by atoms with Crippen LogP contribution in [-0.4, -0.2) is 30.0 Å². The first-order valence-corrected chi connectivity index (χ1v) is 5.93. The van der Waals surface area contributed by atoms with Crippen molar-refractivity contribution in [3.63, 3.8) is 0 Å². The molecule has 4 nitrogen and oxygen atoms in total. The molecule has 15 heavy (non-hydrogen) atoms. The maximum atomic E-state index is 5.05. The van der Waals surface area contributed by atoms with Gasteiger partial charge in [-0.05, 0) is 29.4 Å². The Kier molecular flexibility index (Phi) is 5.28. The molecule has 0 aliphatic rings. The molecular formula is C10H18BrN3O. The van der Waals surface area contributed by atoms with E-state index in [9.17, 15) is 0 Å². The number of hydrogen-bond acceptors (Lipinski definition) is 3. The summed E-state index contributed by atoms with van der Waals surface area (Å²) in [5, 5.41) is 7.68. The summed E-state index contributed by atoms with van der Waals surface area (Å²) in [6.45, 7) is 6.64. The highest BCUT2D eigenvalue weighted by atomic mass is 79.9. The van der Waals surface area contributed by atoms with Crippen LogP contribution < -0.4 is 5.32 Å². The summed E-state index contributed by atoms with van der Waals surface area (Å²) in [5.41, 5.74) is 1.17. The van der Waals surface area contributed by atoms with E-state index in [2.05, 4.69) is 40.2 Å². The Morgan fingerprint density at radius 3 is 3.00 bits per heavy atom. The fourth-order valence-electron chi connectivity index (χ4n) is 1.56. The number of ether oxygens (including phenoxy) is 1. The number of aromatic nitrogens is 2. The summed E-state index contributed by atoms with van der Waals surface area (Å²) in [7, 11) is 1.70. The third-order valence-electron chi connectivity index (χ3n) is 2.26. The molecule has 1 unspecified atom stereocenters. The quantitative estimate of drug-likeness (QED) is 0.863. The van der Waals surface area contributed by atoms with E-state index in [1.165, 1.54) is 5.69 Å². The molecule has 1 aromatic heterocycles. The van der Waals surface area contributed by atoms with Crippen molar-refractivity contribution in [1.29, 1.82) is 0 Å². The average molecular weight is 276 g/mol. The highest BCUT2D eigenvalue weighted by Gasteiger charge is 2.14. The molecule has 5 heteroatoms. The highest BCUT2D eigenvalue weighted by Crippen LogP contribution is 2.22. The Bertz CT molecular complexity index is 301. The molecule has 1 atom stereocenters. The van der Waals surface area contributed by atoms with Gasteiger partial charge in [-0.2, -0.15) is 5.10 Å². The van der Waals surface area contributed by atoms with Crippen molar-refractivity contribution in [2.45, 2.75) is 26.4 Å². The monoisotopic (exact) mass is 275 g/mol. The number of nitrogens with zero attached hydrogens (tertiary/aromatic N) is 2. The van der Waals surface area contributed by atoms with Gasteiger partial charge in [-0.3, -0.25) is 4.68 Å².